The highest BCUT2D eigenvalue weighted by Crippen LogP contribution is 2.22. The topological polar surface area (TPSA) is 66.9 Å². The van der Waals surface area contributed by atoms with Crippen LogP contribution < -0.4 is 4.74 Å². The average Bonchev–Trinajstić information content (AvgIpc) is 2.75. The van der Waals surface area contributed by atoms with Gasteiger partial charge in [-0.15, -0.1) is 0 Å². The van der Waals surface area contributed by atoms with E-state index >= 15 is 0 Å². The molecular weight excluding hydrogens is 414 g/mol. The van der Waals surface area contributed by atoms with Gasteiger partial charge in [-0.2, -0.15) is 13.1 Å². The lowest BCUT2D eigenvalue weighted by Crippen LogP contribution is -2.35. The number of carbonyl (C=O) groups is 1. The maximum Gasteiger partial charge on any atom is 0.387 e. The van der Waals surface area contributed by atoms with Gasteiger partial charge < -0.3 is 9.64 Å². The van der Waals surface area contributed by atoms with Gasteiger partial charge in [-0.05, 0) is 48.7 Å². The fraction of sp³-hybridized carbons (Fsp3) is 0.381. The van der Waals surface area contributed by atoms with Crippen LogP contribution in [0, 0.1) is 0 Å². The number of halogens is 2. The molecular formula is C21H24F2N2O4S. The van der Waals surface area contributed by atoms with Gasteiger partial charge in [0.05, 0.1) is 4.90 Å². The van der Waals surface area contributed by atoms with Crippen molar-refractivity contribution in [3.05, 3.63) is 59.7 Å². The number of hydrogen-bond donors (Lipinski definition) is 0. The van der Waals surface area contributed by atoms with Crippen LogP contribution in [0.25, 0.3) is 0 Å². The van der Waals surface area contributed by atoms with Gasteiger partial charge in [-0.1, -0.05) is 24.6 Å². The monoisotopic (exact) mass is 438 g/mol. The van der Waals surface area contributed by atoms with Crippen molar-refractivity contribution in [2.75, 3.05) is 20.1 Å². The molecule has 1 saturated heterocycles. The average molecular weight is 438 g/mol. The fourth-order valence-corrected chi connectivity index (χ4v) is 4.95. The normalized spacial score (nSPS) is 15.2. The minimum atomic E-state index is -3.63. The third kappa shape index (κ3) is 5.34. The summed E-state index contributed by atoms with van der Waals surface area (Å²) in [5.74, 6) is -0.294. The van der Waals surface area contributed by atoms with Crippen LogP contribution in [-0.4, -0.2) is 50.3 Å². The second kappa shape index (κ2) is 9.53. The van der Waals surface area contributed by atoms with Crippen molar-refractivity contribution in [3.63, 3.8) is 0 Å². The van der Waals surface area contributed by atoms with Crippen LogP contribution >= 0.6 is 0 Å². The maximum absolute atomic E-state index is 12.9. The molecule has 0 atom stereocenters. The highest BCUT2D eigenvalue weighted by molar-refractivity contribution is 7.89. The van der Waals surface area contributed by atoms with Crippen molar-refractivity contribution >= 4 is 15.9 Å². The molecule has 0 N–H and O–H groups in total. The van der Waals surface area contributed by atoms with Gasteiger partial charge in [0.15, 0.2) is 0 Å². The van der Waals surface area contributed by atoms with Crippen molar-refractivity contribution in [1.29, 1.82) is 0 Å². The number of piperidine rings is 1. The number of rotatable bonds is 7. The first kappa shape index (κ1) is 22.2. The number of alkyl halides is 2. The molecule has 1 aliphatic heterocycles. The Morgan fingerprint density at radius 2 is 1.77 bits per heavy atom. The summed E-state index contributed by atoms with van der Waals surface area (Å²) in [7, 11) is -2.04. The minimum absolute atomic E-state index is 0.0401. The molecule has 0 radical (unpaired) electrons. The molecule has 1 heterocycles. The molecule has 0 aliphatic carbocycles. The Bertz CT molecular complexity index is 975. The van der Waals surface area contributed by atoms with E-state index in [9.17, 15) is 22.0 Å². The summed E-state index contributed by atoms with van der Waals surface area (Å²) in [4.78, 5) is 14.4. The van der Waals surface area contributed by atoms with Crippen molar-refractivity contribution in [2.45, 2.75) is 37.3 Å². The van der Waals surface area contributed by atoms with Crippen molar-refractivity contribution in [3.8, 4) is 5.75 Å². The van der Waals surface area contributed by atoms with Gasteiger partial charge in [0.25, 0.3) is 5.91 Å². The van der Waals surface area contributed by atoms with Crippen LogP contribution in [-0.2, 0) is 16.6 Å². The number of ether oxygens (including phenoxy) is 1. The molecule has 2 aromatic carbocycles. The van der Waals surface area contributed by atoms with E-state index in [1.165, 1.54) is 33.5 Å². The zero-order chi connectivity index (χ0) is 21.7. The SMILES string of the molecule is CN(Cc1ccc(OC(F)F)cc1)C(=O)c1cccc(S(=O)(=O)N2CCCCC2)c1. The number of benzene rings is 2. The van der Waals surface area contributed by atoms with Crippen LogP contribution in [0.2, 0.25) is 0 Å². The van der Waals surface area contributed by atoms with Gasteiger partial charge >= 0.3 is 6.61 Å². The first-order chi connectivity index (χ1) is 14.3. The lowest BCUT2D eigenvalue weighted by molar-refractivity contribution is -0.0498. The molecule has 0 bridgehead atoms. The Morgan fingerprint density at radius 3 is 2.40 bits per heavy atom. The summed E-state index contributed by atoms with van der Waals surface area (Å²) in [5, 5.41) is 0. The number of carbonyl (C=O) groups excluding carboxylic acids is 1. The third-order valence-electron chi connectivity index (χ3n) is 4.95. The summed E-state index contributed by atoms with van der Waals surface area (Å²) in [6.45, 7) is -1.68. The van der Waals surface area contributed by atoms with Crippen LogP contribution in [0.1, 0.15) is 35.2 Å². The molecule has 9 heteroatoms. The van der Waals surface area contributed by atoms with Crippen molar-refractivity contribution in [1.82, 2.24) is 9.21 Å². The number of nitrogens with zero attached hydrogens (tertiary/aromatic N) is 2. The summed E-state index contributed by atoms with van der Waals surface area (Å²) in [5.41, 5.74) is 0.998. The summed E-state index contributed by atoms with van der Waals surface area (Å²) in [6, 6.07) is 12.1. The molecule has 0 spiro atoms. The Hall–Kier alpha value is -2.52. The summed E-state index contributed by atoms with van der Waals surface area (Å²) in [6.07, 6.45) is 2.69. The van der Waals surface area contributed by atoms with Crippen LogP contribution in [0.5, 0.6) is 5.75 Å². The summed E-state index contributed by atoms with van der Waals surface area (Å²) < 4.78 is 56.0. The quantitative estimate of drug-likeness (QED) is 0.661. The molecule has 2 aromatic rings. The van der Waals surface area contributed by atoms with Crippen LogP contribution in [0.15, 0.2) is 53.4 Å². The molecule has 6 nitrogen and oxygen atoms in total. The molecule has 0 unspecified atom stereocenters. The van der Waals surface area contributed by atoms with Gasteiger partial charge in [0, 0.05) is 32.2 Å². The lowest BCUT2D eigenvalue weighted by atomic mass is 10.1. The van der Waals surface area contributed by atoms with Gasteiger partial charge in [0.2, 0.25) is 10.0 Å². The second-order valence-corrected chi connectivity index (χ2v) is 9.11. The second-order valence-electron chi connectivity index (χ2n) is 7.18. The van der Waals surface area contributed by atoms with E-state index in [2.05, 4.69) is 4.74 Å². The Balaban J connectivity index is 1.71. The molecule has 1 aliphatic rings. The number of amides is 1. The van der Waals surface area contributed by atoms with E-state index in [1.807, 2.05) is 0 Å². The van der Waals surface area contributed by atoms with E-state index in [-0.39, 0.29) is 28.7 Å². The first-order valence-corrected chi connectivity index (χ1v) is 11.1. The van der Waals surface area contributed by atoms with E-state index in [0.29, 0.717) is 13.1 Å². The predicted octanol–water partition coefficient (Wildman–Crippen LogP) is 3.73. The smallest absolute Gasteiger partial charge is 0.387 e. The zero-order valence-electron chi connectivity index (χ0n) is 16.6. The van der Waals surface area contributed by atoms with Crippen molar-refractivity contribution < 1.29 is 26.7 Å². The van der Waals surface area contributed by atoms with E-state index in [4.69, 9.17) is 0 Å². The minimum Gasteiger partial charge on any atom is -0.435 e. The maximum atomic E-state index is 12.9. The molecule has 30 heavy (non-hydrogen) atoms. The first-order valence-electron chi connectivity index (χ1n) is 9.67. The Morgan fingerprint density at radius 1 is 1.10 bits per heavy atom. The third-order valence-corrected chi connectivity index (χ3v) is 6.84. The Kier molecular flexibility index (Phi) is 7.04. The van der Waals surface area contributed by atoms with Crippen LogP contribution in [0.3, 0.4) is 0 Å². The van der Waals surface area contributed by atoms with Crippen molar-refractivity contribution in [2.24, 2.45) is 0 Å². The predicted molar refractivity (Wildman–Crippen MR) is 108 cm³/mol. The highest BCUT2D eigenvalue weighted by Gasteiger charge is 2.26. The molecule has 0 saturated carbocycles. The molecule has 3 rings (SSSR count). The molecule has 1 amide bonds. The van der Waals surface area contributed by atoms with E-state index in [1.54, 1.807) is 31.3 Å². The Labute approximate surface area is 175 Å². The van der Waals surface area contributed by atoms with Gasteiger partial charge in [0.1, 0.15) is 5.75 Å². The van der Waals surface area contributed by atoms with Gasteiger partial charge in [-0.25, -0.2) is 8.42 Å². The highest BCUT2D eigenvalue weighted by atomic mass is 32.2. The number of hydrogen-bond acceptors (Lipinski definition) is 4. The number of sulfonamides is 1. The fourth-order valence-electron chi connectivity index (χ4n) is 3.39. The summed E-state index contributed by atoms with van der Waals surface area (Å²) >= 11 is 0. The molecule has 162 valence electrons. The van der Waals surface area contributed by atoms with Gasteiger partial charge in [-0.3, -0.25) is 4.79 Å². The zero-order valence-corrected chi connectivity index (χ0v) is 17.4. The lowest BCUT2D eigenvalue weighted by Gasteiger charge is -2.26. The standard InChI is InChI=1S/C21H24F2N2O4S/c1-24(15-16-8-10-18(11-9-16)29-21(22)23)20(26)17-6-5-7-19(14-17)30(27,28)25-12-3-2-4-13-25/h5-11,14,21H,2-4,12-13,15H2,1H3. The molecule has 1 fully saturated rings. The van der Waals surface area contributed by atoms with Crippen LogP contribution in [0.4, 0.5) is 8.78 Å². The van der Waals surface area contributed by atoms with E-state index < -0.39 is 16.6 Å². The largest absolute Gasteiger partial charge is 0.435 e. The van der Waals surface area contributed by atoms with E-state index in [0.717, 1.165) is 24.8 Å². The molecule has 0 aromatic heterocycles.